The van der Waals surface area contributed by atoms with Gasteiger partial charge in [-0.1, -0.05) is 25.3 Å². The number of nitrogens with one attached hydrogen (secondary N) is 1. The van der Waals surface area contributed by atoms with E-state index in [1.54, 1.807) is 0 Å². The first-order valence-electron chi connectivity index (χ1n) is 9.01. The zero-order valence-corrected chi connectivity index (χ0v) is 14.5. The van der Waals surface area contributed by atoms with Crippen LogP contribution < -0.4 is 20.5 Å². The first-order valence-corrected chi connectivity index (χ1v) is 9.01. The van der Waals surface area contributed by atoms with Gasteiger partial charge in [-0.05, 0) is 43.9 Å². The zero-order valence-electron chi connectivity index (χ0n) is 14.5. The molecular formula is C19H28N2O3. The summed E-state index contributed by atoms with van der Waals surface area (Å²) >= 11 is 0. The van der Waals surface area contributed by atoms with E-state index in [2.05, 4.69) is 17.4 Å². The summed E-state index contributed by atoms with van der Waals surface area (Å²) in [4.78, 5) is 12.1. The lowest BCUT2D eigenvalue weighted by atomic mass is 9.69. The van der Waals surface area contributed by atoms with Crippen LogP contribution in [0.25, 0.3) is 0 Å². The Morgan fingerprint density at radius 2 is 2.00 bits per heavy atom. The number of benzene rings is 1. The summed E-state index contributed by atoms with van der Waals surface area (Å²) in [5, 5.41) is 3.15. The van der Waals surface area contributed by atoms with Crippen molar-refractivity contribution in [3.05, 3.63) is 23.8 Å². The molecule has 0 radical (unpaired) electrons. The molecule has 1 unspecified atom stereocenters. The highest BCUT2D eigenvalue weighted by Crippen LogP contribution is 2.43. The topological polar surface area (TPSA) is 73.6 Å². The predicted molar refractivity (Wildman–Crippen MR) is 93.2 cm³/mol. The molecule has 1 aromatic carbocycles. The van der Waals surface area contributed by atoms with Gasteiger partial charge in [0.1, 0.15) is 0 Å². The van der Waals surface area contributed by atoms with E-state index < -0.39 is 0 Å². The van der Waals surface area contributed by atoms with Crippen LogP contribution in [0.15, 0.2) is 18.2 Å². The number of hydrogen-bond donors (Lipinski definition) is 2. The van der Waals surface area contributed by atoms with Gasteiger partial charge in [-0.2, -0.15) is 0 Å². The average molecular weight is 332 g/mol. The van der Waals surface area contributed by atoms with Crippen LogP contribution in [0.3, 0.4) is 0 Å². The summed E-state index contributed by atoms with van der Waals surface area (Å²) in [6.45, 7) is 2.91. The number of amides is 1. The van der Waals surface area contributed by atoms with Gasteiger partial charge in [-0.25, -0.2) is 0 Å². The summed E-state index contributed by atoms with van der Waals surface area (Å²) in [6.07, 6.45) is 7.08. The highest BCUT2D eigenvalue weighted by molar-refractivity contribution is 5.76. The summed E-state index contributed by atoms with van der Waals surface area (Å²) in [7, 11) is 0. The minimum atomic E-state index is 0.00320. The molecule has 3 rings (SSSR count). The lowest BCUT2D eigenvalue weighted by Crippen LogP contribution is -2.42. The third-order valence-corrected chi connectivity index (χ3v) is 5.25. The van der Waals surface area contributed by atoms with Gasteiger partial charge in [0.15, 0.2) is 11.5 Å². The van der Waals surface area contributed by atoms with E-state index in [-0.39, 0.29) is 17.4 Å². The van der Waals surface area contributed by atoms with Crippen molar-refractivity contribution in [2.45, 2.75) is 63.3 Å². The number of rotatable bonds is 6. The second-order valence-electron chi connectivity index (χ2n) is 7.20. The fourth-order valence-corrected chi connectivity index (χ4v) is 3.74. The predicted octanol–water partition coefficient (Wildman–Crippen LogP) is 2.86. The Morgan fingerprint density at radius 1 is 1.25 bits per heavy atom. The van der Waals surface area contributed by atoms with Crippen molar-refractivity contribution in [1.82, 2.24) is 5.32 Å². The van der Waals surface area contributed by atoms with Crippen LogP contribution in [-0.4, -0.2) is 25.3 Å². The van der Waals surface area contributed by atoms with Crippen LogP contribution in [0.1, 0.15) is 57.4 Å². The molecule has 0 spiro atoms. The minimum absolute atomic E-state index is 0.00320. The SMILES string of the molecule is CC(N)CCC(=O)NCC1(c2ccc3c(c2)OCO3)CCCCC1. The van der Waals surface area contributed by atoms with Gasteiger partial charge >= 0.3 is 0 Å². The average Bonchev–Trinajstić information content (AvgIpc) is 3.06. The van der Waals surface area contributed by atoms with E-state index in [1.165, 1.54) is 24.8 Å². The van der Waals surface area contributed by atoms with E-state index in [0.717, 1.165) is 30.8 Å². The molecule has 24 heavy (non-hydrogen) atoms. The van der Waals surface area contributed by atoms with Crippen LogP contribution in [0, 0.1) is 0 Å². The van der Waals surface area contributed by atoms with Crippen LogP contribution >= 0.6 is 0 Å². The lowest BCUT2D eigenvalue weighted by Gasteiger charge is -2.38. The Balaban J connectivity index is 1.72. The number of ether oxygens (including phenoxy) is 2. The van der Waals surface area contributed by atoms with Gasteiger partial charge in [0.25, 0.3) is 0 Å². The number of carbonyl (C=O) groups is 1. The van der Waals surface area contributed by atoms with Crippen molar-refractivity contribution >= 4 is 5.91 Å². The Kier molecular flexibility index (Phi) is 5.29. The third kappa shape index (κ3) is 3.83. The second-order valence-corrected chi connectivity index (χ2v) is 7.20. The van der Waals surface area contributed by atoms with Crippen molar-refractivity contribution in [3.63, 3.8) is 0 Å². The Labute approximate surface area is 143 Å². The Morgan fingerprint density at radius 3 is 2.75 bits per heavy atom. The van der Waals surface area contributed by atoms with Crippen molar-refractivity contribution in [2.75, 3.05) is 13.3 Å². The lowest BCUT2D eigenvalue weighted by molar-refractivity contribution is -0.121. The molecule has 0 saturated heterocycles. The molecule has 0 aromatic heterocycles. The van der Waals surface area contributed by atoms with Gasteiger partial charge in [0.2, 0.25) is 12.7 Å². The van der Waals surface area contributed by atoms with Crippen LogP contribution in [-0.2, 0) is 10.2 Å². The van der Waals surface area contributed by atoms with Crippen LogP contribution in [0.2, 0.25) is 0 Å². The molecule has 5 nitrogen and oxygen atoms in total. The first-order chi connectivity index (χ1) is 11.6. The fraction of sp³-hybridized carbons (Fsp3) is 0.632. The van der Waals surface area contributed by atoms with Gasteiger partial charge in [-0.3, -0.25) is 4.79 Å². The molecule has 132 valence electrons. The molecule has 1 saturated carbocycles. The fourth-order valence-electron chi connectivity index (χ4n) is 3.74. The van der Waals surface area contributed by atoms with E-state index in [9.17, 15) is 4.79 Å². The van der Waals surface area contributed by atoms with E-state index >= 15 is 0 Å². The Hall–Kier alpha value is -1.75. The zero-order chi connectivity index (χ0) is 17.0. The van der Waals surface area contributed by atoms with Crippen molar-refractivity contribution in [2.24, 2.45) is 5.73 Å². The quantitative estimate of drug-likeness (QED) is 0.840. The first kappa shape index (κ1) is 17.1. The van der Waals surface area contributed by atoms with Gasteiger partial charge in [-0.15, -0.1) is 0 Å². The highest BCUT2D eigenvalue weighted by atomic mass is 16.7. The summed E-state index contributed by atoms with van der Waals surface area (Å²) < 4.78 is 11.0. The third-order valence-electron chi connectivity index (χ3n) is 5.25. The molecule has 1 aromatic rings. The van der Waals surface area contributed by atoms with Gasteiger partial charge < -0.3 is 20.5 Å². The van der Waals surface area contributed by atoms with Crippen LogP contribution in [0.5, 0.6) is 11.5 Å². The second kappa shape index (κ2) is 7.43. The molecule has 1 aliphatic heterocycles. The van der Waals surface area contributed by atoms with Gasteiger partial charge in [0, 0.05) is 24.4 Å². The normalized spacial score (nSPS) is 19.8. The summed E-state index contributed by atoms with van der Waals surface area (Å²) in [5.41, 5.74) is 7.00. The molecular weight excluding hydrogens is 304 g/mol. The Bertz CT molecular complexity index is 580. The van der Waals surface area contributed by atoms with Crippen LogP contribution in [0.4, 0.5) is 0 Å². The molecule has 3 N–H and O–H groups in total. The largest absolute Gasteiger partial charge is 0.454 e. The minimum Gasteiger partial charge on any atom is -0.454 e. The van der Waals surface area contributed by atoms with E-state index in [0.29, 0.717) is 19.8 Å². The molecule has 1 amide bonds. The number of nitrogens with two attached hydrogens (primary N) is 1. The van der Waals surface area contributed by atoms with E-state index in [1.807, 2.05) is 13.0 Å². The number of fused-ring (bicyclic) bond motifs is 1. The molecule has 5 heteroatoms. The molecule has 0 bridgehead atoms. The highest BCUT2D eigenvalue weighted by Gasteiger charge is 2.35. The van der Waals surface area contributed by atoms with Crippen molar-refractivity contribution in [1.29, 1.82) is 0 Å². The summed E-state index contributed by atoms with van der Waals surface area (Å²) in [6, 6.07) is 6.29. The van der Waals surface area contributed by atoms with Gasteiger partial charge in [0.05, 0.1) is 0 Å². The standard InChI is InChI=1S/C19H28N2O3/c1-14(20)5-8-18(22)21-12-19(9-3-2-4-10-19)15-6-7-16-17(11-15)24-13-23-16/h6-7,11,14H,2-5,8-10,12-13,20H2,1H3,(H,21,22). The number of hydrogen-bond acceptors (Lipinski definition) is 4. The summed E-state index contributed by atoms with van der Waals surface area (Å²) in [5.74, 6) is 1.73. The van der Waals surface area contributed by atoms with Crippen molar-refractivity contribution in [3.8, 4) is 11.5 Å². The molecule has 1 heterocycles. The maximum absolute atomic E-state index is 12.1. The smallest absolute Gasteiger partial charge is 0.231 e. The monoisotopic (exact) mass is 332 g/mol. The molecule has 1 atom stereocenters. The molecule has 1 fully saturated rings. The van der Waals surface area contributed by atoms with Crippen molar-refractivity contribution < 1.29 is 14.3 Å². The molecule has 2 aliphatic rings. The number of carbonyl (C=O) groups excluding carboxylic acids is 1. The maximum atomic E-state index is 12.1. The van der Waals surface area contributed by atoms with E-state index in [4.69, 9.17) is 15.2 Å². The molecule has 1 aliphatic carbocycles. The maximum Gasteiger partial charge on any atom is 0.231 e.